The molecule has 6 rings (SSSR count). The number of nitrogen functional groups attached to an aromatic ring is 1. The lowest BCUT2D eigenvalue weighted by Gasteiger charge is -2.24. The number of nitro groups is 1. The third-order valence-electron chi connectivity index (χ3n) is 11.3. The van der Waals surface area contributed by atoms with Crippen molar-refractivity contribution in [3.63, 3.8) is 0 Å². The molecule has 398 valence electrons. The first-order valence-corrected chi connectivity index (χ1v) is 26.4. The number of nitrogens with zero attached hydrogens (tertiary/aromatic N) is 11. The molecular weight excluding hydrogens is 993 g/mol. The van der Waals surface area contributed by atoms with E-state index in [1.54, 1.807) is 74.8 Å². The molecule has 0 aliphatic rings. The van der Waals surface area contributed by atoms with Gasteiger partial charge in [-0.1, -0.05) is 24.3 Å². The number of aromatic nitrogens is 4. The van der Waals surface area contributed by atoms with Crippen molar-refractivity contribution in [3.05, 3.63) is 108 Å². The minimum Gasteiger partial charge on any atom is -0.494 e. The predicted octanol–water partition coefficient (Wildman–Crippen LogP) is 6.22. The van der Waals surface area contributed by atoms with Crippen molar-refractivity contribution in [2.24, 2.45) is 0 Å². The summed E-state index contributed by atoms with van der Waals surface area (Å²) in [5, 5.41) is 24.5. The van der Waals surface area contributed by atoms with Crippen LogP contribution in [0.15, 0.2) is 97.6 Å². The Morgan fingerprint density at radius 3 is 1.27 bits per heavy atom. The molecule has 0 amide bonds. The van der Waals surface area contributed by atoms with E-state index in [0.29, 0.717) is 86.8 Å². The number of anilines is 13. The van der Waals surface area contributed by atoms with E-state index in [9.17, 15) is 26.9 Å². The summed E-state index contributed by atoms with van der Waals surface area (Å²) in [5.74, 6) is 2.73. The van der Waals surface area contributed by atoms with E-state index in [1.807, 2.05) is 63.2 Å². The Bertz CT molecular complexity index is 3110. The number of hydrogen-bond acceptors (Lipinski definition) is 21. The molecule has 0 fully saturated rings. The van der Waals surface area contributed by atoms with Crippen molar-refractivity contribution in [1.82, 2.24) is 29.7 Å². The van der Waals surface area contributed by atoms with Crippen LogP contribution in [0.2, 0.25) is 0 Å². The normalized spacial score (nSPS) is 11.3. The topological polar surface area (TPSA) is 275 Å². The highest BCUT2D eigenvalue weighted by atomic mass is 32.2. The summed E-state index contributed by atoms with van der Waals surface area (Å²) in [4.78, 5) is 36.5. The molecule has 0 aliphatic heterocycles. The fourth-order valence-electron chi connectivity index (χ4n) is 7.01. The van der Waals surface area contributed by atoms with Gasteiger partial charge >= 0.3 is 0 Å². The van der Waals surface area contributed by atoms with Gasteiger partial charge < -0.3 is 56.1 Å². The highest BCUT2D eigenvalue weighted by Crippen LogP contribution is 2.40. The van der Waals surface area contributed by atoms with Crippen molar-refractivity contribution in [2.75, 3.05) is 155 Å². The Morgan fingerprint density at radius 2 is 0.892 bits per heavy atom. The number of ether oxygens (including phenoxy) is 2. The molecule has 0 saturated carbocycles. The van der Waals surface area contributed by atoms with E-state index in [0.717, 1.165) is 42.1 Å². The standard InChI is InChI=1S/C24H32N8O5S.C24H34N8O3S/c1-29(2)11-12-30(3)20-14-22(37-5)18(13-21(20)32(33)34)28-24-15-23(25-16-26-24)27-17-9-7-8-10-19(17)31(4)38(6,35)36;1-30(2)11-12-31(3)21-14-22(35-5)19(13-17(21)25)29-24-15-23(26-16-27-24)28-18-9-7-8-10-20(18)32(4)36(6,33)34/h7-10,13-16H,11-12H2,1-6H3,(H2,25,26,27,28);7-10,13-16H,11-12,25H2,1-6H3,(H2,26,27,28,29). The SMILES string of the molecule is COc1cc(N(C)CCN(C)C)c(N)cc1Nc1cc(Nc2ccccc2N(C)S(C)(=O)=O)ncn1.COc1cc(N(C)CCN(C)C)c([N+](=O)[O-])cc1Nc1cc(Nc2ccccc2N(C)S(C)(=O)=O)ncn1. The summed E-state index contributed by atoms with van der Waals surface area (Å²) in [6.45, 7) is 3.00. The van der Waals surface area contributed by atoms with Crippen LogP contribution in [0.3, 0.4) is 0 Å². The van der Waals surface area contributed by atoms with Gasteiger partial charge in [0.1, 0.15) is 53.1 Å². The Morgan fingerprint density at radius 1 is 0.527 bits per heavy atom. The molecular formula is C48H66N16O8S2. The third kappa shape index (κ3) is 15.5. The molecule has 4 aromatic carbocycles. The highest BCUT2D eigenvalue weighted by molar-refractivity contribution is 7.92. The maximum atomic E-state index is 12.1. The summed E-state index contributed by atoms with van der Waals surface area (Å²) >= 11 is 0. The van der Waals surface area contributed by atoms with Crippen LogP contribution in [0.1, 0.15) is 0 Å². The number of rotatable bonds is 23. The van der Waals surface area contributed by atoms with Crippen LogP contribution < -0.4 is 54.9 Å². The maximum absolute atomic E-state index is 12.1. The van der Waals surface area contributed by atoms with Gasteiger partial charge in [0.2, 0.25) is 20.0 Å². The fraction of sp³-hybridized carbons (Fsp3) is 0.333. The van der Waals surface area contributed by atoms with Crippen molar-refractivity contribution in [2.45, 2.75) is 0 Å². The molecule has 6 aromatic rings. The molecule has 0 bridgehead atoms. The third-order valence-corrected chi connectivity index (χ3v) is 13.7. The van der Waals surface area contributed by atoms with Gasteiger partial charge in [0.15, 0.2) is 0 Å². The number of likely N-dealkylation sites (N-methyl/N-ethyl adjacent to an activating group) is 4. The van der Waals surface area contributed by atoms with E-state index < -0.39 is 25.0 Å². The lowest BCUT2D eigenvalue weighted by Crippen LogP contribution is -2.29. The van der Waals surface area contributed by atoms with Crippen LogP contribution >= 0.6 is 0 Å². The van der Waals surface area contributed by atoms with Crippen LogP contribution in [-0.2, 0) is 20.0 Å². The van der Waals surface area contributed by atoms with Crippen LogP contribution in [-0.4, -0.2) is 161 Å². The molecule has 0 atom stereocenters. The average molecular weight is 1060 g/mol. The monoisotopic (exact) mass is 1060 g/mol. The van der Waals surface area contributed by atoms with Gasteiger partial charge in [-0.3, -0.25) is 18.7 Å². The second kappa shape index (κ2) is 25.1. The number of hydrogen-bond donors (Lipinski definition) is 5. The molecule has 2 aromatic heterocycles. The highest BCUT2D eigenvalue weighted by Gasteiger charge is 2.23. The maximum Gasteiger partial charge on any atom is 0.294 e. The number of nitrogens with one attached hydrogen (secondary N) is 4. The van der Waals surface area contributed by atoms with Gasteiger partial charge in [-0.25, -0.2) is 36.8 Å². The van der Waals surface area contributed by atoms with E-state index in [1.165, 1.54) is 44.2 Å². The lowest BCUT2D eigenvalue weighted by atomic mass is 10.2. The molecule has 24 nitrogen and oxygen atoms in total. The zero-order chi connectivity index (χ0) is 54.5. The number of nitrogens with two attached hydrogens (primary N) is 1. The molecule has 0 saturated heterocycles. The van der Waals surface area contributed by atoms with E-state index >= 15 is 0 Å². The van der Waals surface area contributed by atoms with Crippen LogP contribution in [0.4, 0.5) is 80.1 Å². The first-order valence-electron chi connectivity index (χ1n) is 22.7. The Kier molecular flexibility index (Phi) is 19.4. The zero-order valence-electron chi connectivity index (χ0n) is 43.6. The molecule has 2 heterocycles. The van der Waals surface area contributed by atoms with E-state index in [-0.39, 0.29) is 5.69 Å². The summed E-state index contributed by atoms with van der Waals surface area (Å²) in [7, 11) is 10.8. The molecule has 74 heavy (non-hydrogen) atoms. The molecule has 0 radical (unpaired) electrons. The predicted molar refractivity (Wildman–Crippen MR) is 297 cm³/mol. The van der Waals surface area contributed by atoms with E-state index in [4.69, 9.17) is 15.2 Å². The van der Waals surface area contributed by atoms with Crippen LogP contribution in [0.25, 0.3) is 0 Å². The van der Waals surface area contributed by atoms with Gasteiger partial charge in [0, 0.05) is 84.7 Å². The molecule has 0 aliphatic carbocycles. The van der Waals surface area contributed by atoms with Crippen molar-refractivity contribution in [3.8, 4) is 11.5 Å². The summed E-state index contributed by atoms with van der Waals surface area (Å²) in [5.41, 5.74) is 11.2. The summed E-state index contributed by atoms with van der Waals surface area (Å²) < 4.78 is 61.7. The Labute approximate surface area is 433 Å². The second-order valence-corrected chi connectivity index (χ2v) is 21.5. The van der Waals surface area contributed by atoms with Crippen molar-refractivity contribution in [1.29, 1.82) is 0 Å². The van der Waals surface area contributed by atoms with Crippen molar-refractivity contribution >= 4 is 100 Å². The molecule has 6 N–H and O–H groups in total. The minimum absolute atomic E-state index is 0.0836. The lowest BCUT2D eigenvalue weighted by molar-refractivity contribution is -0.384. The fourth-order valence-corrected chi connectivity index (χ4v) is 8.04. The summed E-state index contributed by atoms with van der Waals surface area (Å²) in [6.07, 6.45) is 5.00. The van der Waals surface area contributed by atoms with Gasteiger partial charge in [0.25, 0.3) is 5.69 Å². The zero-order valence-corrected chi connectivity index (χ0v) is 45.3. The smallest absolute Gasteiger partial charge is 0.294 e. The first-order chi connectivity index (χ1) is 34.9. The van der Waals surface area contributed by atoms with Gasteiger partial charge in [0.05, 0.1) is 77.2 Å². The number of para-hydroxylation sites is 4. The van der Waals surface area contributed by atoms with Crippen molar-refractivity contribution < 1.29 is 31.2 Å². The number of benzene rings is 4. The average Bonchev–Trinajstić information content (AvgIpc) is 3.34. The largest absolute Gasteiger partial charge is 0.494 e. The van der Waals surface area contributed by atoms with E-state index in [2.05, 4.69) is 51.0 Å². The van der Waals surface area contributed by atoms with Gasteiger partial charge in [-0.05, 0) is 58.5 Å². The van der Waals surface area contributed by atoms with Gasteiger partial charge in [-0.2, -0.15) is 0 Å². The van der Waals surface area contributed by atoms with Crippen LogP contribution in [0, 0.1) is 10.1 Å². The number of nitro benzene ring substituents is 1. The summed E-state index contributed by atoms with van der Waals surface area (Å²) in [6, 6.07) is 24.0. The minimum atomic E-state index is -3.48. The number of sulfonamides is 2. The molecule has 0 spiro atoms. The quantitative estimate of drug-likeness (QED) is 0.0270. The Balaban J connectivity index is 0.000000274. The van der Waals surface area contributed by atoms with Gasteiger partial charge in [-0.15, -0.1) is 0 Å². The first kappa shape index (κ1) is 57.0. The molecule has 0 unspecified atom stereocenters. The number of methoxy groups -OCH3 is 2. The second-order valence-electron chi connectivity index (χ2n) is 17.4. The van der Waals surface area contributed by atoms with Crippen LogP contribution in [0.5, 0.6) is 11.5 Å². The molecule has 26 heteroatoms. The Hall–Kier alpha value is -7.94.